The van der Waals surface area contributed by atoms with Crippen LogP contribution in [0.15, 0.2) is 97.5 Å². The van der Waals surface area contributed by atoms with Gasteiger partial charge in [-0.25, -0.2) is 4.98 Å². The van der Waals surface area contributed by atoms with Gasteiger partial charge in [-0.05, 0) is 97.9 Å². The van der Waals surface area contributed by atoms with Crippen molar-refractivity contribution in [3.8, 4) is 28.0 Å². The highest BCUT2D eigenvalue weighted by molar-refractivity contribution is 7.70. The van der Waals surface area contributed by atoms with Crippen LogP contribution in [0.1, 0.15) is 46.4 Å². The molecule has 2 aromatic heterocycles. The van der Waals surface area contributed by atoms with Crippen molar-refractivity contribution in [1.82, 2.24) is 34.9 Å². The molecule has 0 aliphatic carbocycles. The van der Waals surface area contributed by atoms with E-state index in [1.54, 1.807) is 37.3 Å². The number of anilines is 6. The molecule has 3 N–H and O–H groups in total. The summed E-state index contributed by atoms with van der Waals surface area (Å²) in [6.45, 7) is 10.1. The third kappa shape index (κ3) is 9.57. The zero-order valence-electron chi connectivity index (χ0n) is 41.2. The van der Waals surface area contributed by atoms with E-state index in [-0.39, 0.29) is 12.8 Å². The van der Waals surface area contributed by atoms with Crippen LogP contribution in [0.4, 0.5) is 34.5 Å². The lowest BCUT2D eigenvalue weighted by molar-refractivity contribution is -0.136. The molecular formula is C54H57ClN11O6P. The van der Waals surface area contributed by atoms with Crippen molar-refractivity contribution in [2.75, 3.05) is 86.7 Å². The molecule has 73 heavy (non-hydrogen) atoms. The molecule has 4 fully saturated rings. The van der Waals surface area contributed by atoms with Gasteiger partial charge in [0.2, 0.25) is 17.8 Å². The number of methoxy groups -OCH3 is 1. The number of amides is 4. The summed E-state index contributed by atoms with van der Waals surface area (Å²) in [5.41, 5.74) is 7.85. The Kier molecular flexibility index (Phi) is 12.8. The zero-order valence-corrected chi connectivity index (χ0v) is 42.8. The Morgan fingerprint density at radius 2 is 1.53 bits per heavy atom. The van der Waals surface area contributed by atoms with Crippen LogP contribution in [0.3, 0.4) is 0 Å². The Hall–Kier alpha value is -7.07. The minimum absolute atomic E-state index is 0.0871. The largest absolute Gasteiger partial charge is 0.494 e. The predicted molar refractivity (Wildman–Crippen MR) is 283 cm³/mol. The van der Waals surface area contributed by atoms with Crippen LogP contribution in [-0.2, 0) is 21.2 Å². The molecule has 3 atom stereocenters. The van der Waals surface area contributed by atoms with Crippen molar-refractivity contribution in [3.05, 3.63) is 114 Å². The first-order valence-electron chi connectivity index (χ1n) is 24.8. The van der Waals surface area contributed by atoms with Gasteiger partial charge < -0.3 is 34.6 Å². The maximum atomic E-state index is 13.6. The van der Waals surface area contributed by atoms with Gasteiger partial charge in [-0.3, -0.25) is 34.1 Å². The van der Waals surface area contributed by atoms with Crippen molar-refractivity contribution in [2.45, 2.75) is 31.7 Å². The van der Waals surface area contributed by atoms with E-state index in [2.05, 4.69) is 52.9 Å². The SMILES string of the molecule is COc1cc(N2CCC(CN3CC4CN(c5ccc6c(c5)C(=O)N(C5CCC(=O)NC5=O)C6=O)CC4C3)CC2)c(-c2cnn(C)c2)cc1Nc1ncc(Cl)c(Nc2ccc(-c3ccccc3)cc2P(C)(C)=O)n1. The van der Waals surface area contributed by atoms with Gasteiger partial charge in [0.15, 0.2) is 5.82 Å². The number of rotatable bonds is 13. The molecule has 7 heterocycles. The van der Waals surface area contributed by atoms with E-state index >= 15 is 0 Å². The summed E-state index contributed by atoms with van der Waals surface area (Å²) < 4.78 is 21.5. The first kappa shape index (κ1) is 48.2. The number of fused-ring (bicyclic) bond motifs is 2. The molecular weight excluding hydrogens is 965 g/mol. The number of nitrogens with one attached hydrogen (secondary N) is 3. The lowest BCUT2D eigenvalue weighted by Gasteiger charge is -2.36. The van der Waals surface area contributed by atoms with Crippen LogP contribution in [0.5, 0.6) is 5.75 Å². The second-order valence-electron chi connectivity index (χ2n) is 20.3. The summed E-state index contributed by atoms with van der Waals surface area (Å²) in [6, 6.07) is 24.4. The summed E-state index contributed by atoms with van der Waals surface area (Å²) in [4.78, 5) is 68.9. The van der Waals surface area contributed by atoms with Gasteiger partial charge in [0.25, 0.3) is 11.8 Å². The summed E-state index contributed by atoms with van der Waals surface area (Å²) >= 11 is 6.71. The number of imide groups is 2. The summed E-state index contributed by atoms with van der Waals surface area (Å²) in [6.07, 6.45) is 7.73. The number of benzene rings is 4. The first-order valence-corrected chi connectivity index (χ1v) is 27.8. The number of piperidine rings is 2. The Labute approximate surface area is 428 Å². The Bertz CT molecular complexity index is 3210. The molecule has 4 aromatic carbocycles. The normalized spacial score (nSPS) is 20.4. The van der Waals surface area contributed by atoms with E-state index in [0.29, 0.717) is 68.1 Å². The maximum absolute atomic E-state index is 13.6. The fourth-order valence-electron chi connectivity index (χ4n) is 11.4. The number of ether oxygens (including phenoxy) is 1. The average Bonchev–Trinajstić information content (AvgIpc) is 4.15. The van der Waals surface area contributed by atoms with E-state index < -0.39 is 36.8 Å². The molecule has 5 aliphatic heterocycles. The standard InChI is InChI=1S/C54H57ClN11O6P/c1-62-27-35(24-57-62)40-22-44(59-54-56-25-42(55)50(61-54)58-43-13-10-34(20-48(43)73(3,4)71)33-8-6-5-7-9-33)47(72-2)23-46(40)64-18-16-32(17-19-64)26-63-28-36-30-65(31-37(36)29-63)38-11-12-39-41(21-38)53(70)66(52(39)69)45-14-15-49(67)60-51(45)68/h5-13,20-25,27,32,36-37,45H,14-19,26,28-31H2,1-4H3,(H,60,67,68)(H2,56,58,59,61). The van der Waals surface area contributed by atoms with Crippen molar-refractivity contribution in [2.24, 2.45) is 24.8 Å². The van der Waals surface area contributed by atoms with Gasteiger partial charge in [0.1, 0.15) is 24.0 Å². The molecule has 17 nitrogen and oxygen atoms in total. The fraction of sp³-hybridized carbons (Fsp3) is 0.352. The Morgan fingerprint density at radius 3 is 2.23 bits per heavy atom. The van der Waals surface area contributed by atoms with Crippen molar-refractivity contribution < 1.29 is 28.5 Å². The van der Waals surface area contributed by atoms with Crippen LogP contribution in [0.25, 0.3) is 22.3 Å². The predicted octanol–water partition coefficient (Wildman–Crippen LogP) is 7.63. The number of halogens is 1. The maximum Gasteiger partial charge on any atom is 0.262 e. The molecule has 376 valence electrons. The minimum atomic E-state index is -2.74. The molecule has 3 unspecified atom stereocenters. The molecule has 19 heteroatoms. The number of nitrogens with zero attached hydrogens (tertiary/aromatic N) is 8. The van der Waals surface area contributed by atoms with E-state index in [4.69, 9.17) is 21.3 Å². The highest BCUT2D eigenvalue weighted by atomic mass is 35.5. The number of carbonyl (C=O) groups is 4. The molecule has 0 bridgehead atoms. The van der Waals surface area contributed by atoms with Crippen molar-refractivity contribution in [1.29, 1.82) is 0 Å². The van der Waals surface area contributed by atoms with Crippen LogP contribution < -0.4 is 35.8 Å². The number of carbonyl (C=O) groups excluding carboxylic acids is 4. The molecule has 0 saturated carbocycles. The van der Waals surface area contributed by atoms with Gasteiger partial charge in [0, 0.05) is 99.4 Å². The third-order valence-corrected chi connectivity index (χ3v) is 16.9. The monoisotopic (exact) mass is 1020 g/mol. The van der Waals surface area contributed by atoms with Crippen LogP contribution in [0, 0.1) is 17.8 Å². The molecule has 4 amide bonds. The van der Waals surface area contributed by atoms with Crippen LogP contribution in [0.2, 0.25) is 5.02 Å². The summed E-state index contributed by atoms with van der Waals surface area (Å²) in [7, 11) is 0.823. The van der Waals surface area contributed by atoms with E-state index in [1.807, 2.05) is 74.0 Å². The average molecular weight is 1020 g/mol. The van der Waals surface area contributed by atoms with Gasteiger partial charge in [-0.2, -0.15) is 10.1 Å². The van der Waals surface area contributed by atoms with Crippen LogP contribution >= 0.6 is 18.7 Å². The highest BCUT2D eigenvalue weighted by Gasteiger charge is 2.46. The van der Waals surface area contributed by atoms with Gasteiger partial charge in [0.05, 0.1) is 42.0 Å². The highest BCUT2D eigenvalue weighted by Crippen LogP contribution is 2.44. The number of hydrogen-bond donors (Lipinski definition) is 3. The third-order valence-electron chi connectivity index (χ3n) is 15.1. The van der Waals surface area contributed by atoms with Gasteiger partial charge >= 0.3 is 0 Å². The zero-order chi connectivity index (χ0) is 50.7. The second-order valence-corrected chi connectivity index (χ2v) is 23.9. The van der Waals surface area contributed by atoms with Gasteiger partial charge in [-0.1, -0.05) is 48.0 Å². The molecule has 11 rings (SSSR count). The number of likely N-dealkylation sites (tertiary alicyclic amines) is 1. The topological polar surface area (TPSA) is 187 Å². The summed E-state index contributed by atoms with van der Waals surface area (Å²) in [5.74, 6) is 0.862. The van der Waals surface area contributed by atoms with Crippen LogP contribution in [-0.4, -0.2) is 125 Å². The lowest BCUT2D eigenvalue weighted by atomic mass is 9.94. The molecule has 6 aromatic rings. The smallest absolute Gasteiger partial charge is 0.262 e. The lowest BCUT2D eigenvalue weighted by Crippen LogP contribution is -2.54. The van der Waals surface area contributed by atoms with Gasteiger partial charge in [-0.15, -0.1) is 0 Å². The van der Waals surface area contributed by atoms with Crippen molar-refractivity contribution >= 4 is 82.2 Å². The molecule has 0 spiro atoms. The molecule has 4 saturated heterocycles. The number of hydrogen-bond acceptors (Lipinski definition) is 14. The van der Waals surface area contributed by atoms with E-state index in [1.165, 1.54) is 6.20 Å². The number of aromatic nitrogens is 4. The quantitative estimate of drug-likeness (QED) is 0.0757. The van der Waals surface area contributed by atoms with E-state index in [0.717, 1.165) is 97.2 Å². The minimum Gasteiger partial charge on any atom is -0.494 e. The fourth-order valence-corrected chi connectivity index (χ4v) is 12.7. The Balaban J connectivity index is 0.740. The number of aryl methyl sites for hydroxylation is 1. The summed E-state index contributed by atoms with van der Waals surface area (Å²) in [5, 5.41) is 14.5. The second kappa shape index (κ2) is 19.4. The Morgan fingerprint density at radius 1 is 0.781 bits per heavy atom. The first-order chi connectivity index (χ1) is 35.2. The van der Waals surface area contributed by atoms with E-state index in [9.17, 15) is 23.7 Å². The molecule has 5 aliphatic rings. The van der Waals surface area contributed by atoms with Crippen molar-refractivity contribution in [3.63, 3.8) is 0 Å². The molecule has 0 radical (unpaired) electrons.